The molecule has 1 heterocycles. The fraction of sp³-hybridized carbons (Fsp3) is 0.632. The second-order valence-electron chi connectivity index (χ2n) is 7.77. The molecule has 4 nitrogen and oxygen atoms in total. The minimum atomic E-state index is -3.73. The molecule has 130 valence electrons. The highest BCUT2D eigenvalue weighted by Gasteiger charge is 2.67. The van der Waals surface area contributed by atoms with Crippen LogP contribution in [0.1, 0.15) is 56.9 Å². The number of nitrogens with zero attached hydrogens (tertiary/aromatic N) is 1. The Morgan fingerprint density at radius 1 is 1.00 bits per heavy atom. The molecule has 1 atom stereocenters. The Morgan fingerprint density at radius 2 is 1.58 bits per heavy atom. The van der Waals surface area contributed by atoms with Gasteiger partial charge in [-0.15, -0.1) is 0 Å². The molecule has 1 saturated heterocycles. The lowest BCUT2D eigenvalue weighted by Crippen LogP contribution is -2.71. The van der Waals surface area contributed by atoms with E-state index >= 15 is 0 Å². The summed E-state index contributed by atoms with van der Waals surface area (Å²) in [6, 6.07) is 6.74. The average molecular weight is 347 g/mol. The summed E-state index contributed by atoms with van der Waals surface area (Å²) in [5.41, 5.74) is 0.623. The standard InChI is InChI=1S/C19H25NO3S/c1-14-6-10-16(11-7-14)24(22,23)20-17(15-8-9-15)19(18(20)21)12-4-2-3-5-13-19/h6-7,10-11,15,17H,2-5,8-9,12-13H2,1H3/t17-/m0/s1. The van der Waals surface area contributed by atoms with Crippen LogP contribution >= 0.6 is 0 Å². The lowest BCUT2D eigenvalue weighted by atomic mass is 9.65. The highest BCUT2D eigenvalue weighted by Crippen LogP contribution is 2.58. The van der Waals surface area contributed by atoms with Gasteiger partial charge in [-0.25, -0.2) is 12.7 Å². The van der Waals surface area contributed by atoms with E-state index in [1.807, 2.05) is 6.92 Å². The highest BCUT2D eigenvalue weighted by molar-refractivity contribution is 7.89. The Bertz CT molecular complexity index is 741. The van der Waals surface area contributed by atoms with Crippen LogP contribution in [0.15, 0.2) is 29.2 Å². The number of β-lactam (4-membered cyclic amide) rings is 1. The van der Waals surface area contributed by atoms with Gasteiger partial charge in [-0.05, 0) is 50.7 Å². The molecule has 4 rings (SSSR count). The quantitative estimate of drug-likeness (QED) is 0.784. The van der Waals surface area contributed by atoms with E-state index in [0.29, 0.717) is 5.92 Å². The number of hydrogen-bond acceptors (Lipinski definition) is 3. The van der Waals surface area contributed by atoms with Gasteiger partial charge in [-0.3, -0.25) is 4.79 Å². The molecule has 0 unspecified atom stereocenters. The predicted molar refractivity (Wildman–Crippen MR) is 91.9 cm³/mol. The normalized spacial score (nSPS) is 27.0. The van der Waals surface area contributed by atoms with Crippen molar-refractivity contribution in [3.05, 3.63) is 29.8 Å². The summed E-state index contributed by atoms with van der Waals surface area (Å²) in [6.07, 6.45) is 8.27. The molecule has 0 radical (unpaired) electrons. The lowest BCUT2D eigenvalue weighted by molar-refractivity contribution is -0.164. The minimum Gasteiger partial charge on any atom is -0.273 e. The highest BCUT2D eigenvalue weighted by atomic mass is 32.2. The van der Waals surface area contributed by atoms with Crippen molar-refractivity contribution in [3.8, 4) is 0 Å². The van der Waals surface area contributed by atoms with Crippen LogP contribution in [0.5, 0.6) is 0 Å². The molecular formula is C19H25NO3S. The first-order valence-electron chi connectivity index (χ1n) is 9.12. The third kappa shape index (κ3) is 2.32. The van der Waals surface area contributed by atoms with E-state index in [0.717, 1.165) is 56.9 Å². The monoisotopic (exact) mass is 347 g/mol. The summed E-state index contributed by atoms with van der Waals surface area (Å²) in [7, 11) is -3.73. The summed E-state index contributed by atoms with van der Waals surface area (Å²) in [4.78, 5) is 13.3. The molecule has 24 heavy (non-hydrogen) atoms. The molecule has 2 saturated carbocycles. The van der Waals surface area contributed by atoms with Gasteiger partial charge in [0.25, 0.3) is 10.0 Å². The van der Waals surface area contributed by atoms with Crippen LogP contribution in [-0.2, 0) is 14.8 Å². The van der Waals surface area contributed by atoms with Gasteiger partial charge in [0.2, 0.25) is 5.91 Å². The van der Waals surface area contributed by atoms with Gasteiger partial charge in [0, 0.05) is 0 Å². The first-order valence-corrected chi connectivity index (χ1v) is 10.6. The molecular weight excluding hydrogens is 322 g/mol. The van der Waals surface area contributed by atoms with Crippen LogP contribution in [0, 0.1) is 18.3 Å². The average Bonchev–Trinajstić information content (AvgIpc) is 3.39. The van der Waals surface area contributed by atoms with Crippen LogP contribution in [0.2, 0.25) is 0 Å². The summed E-state index contributed by atoms with van der Waals surface area (Å²) in [5.74, 6) is 0.239. The number of carbonyl (C=O) groups is 1. The fourth-order valence-electron chi connectivity index (χ4n) is 4.64. The number of aryl methyl sites for hydroxylation is 1. The van der Waals surface area contributed by atoms with Crippen molar-refractivity contribution in [2.75, 3.05) is 0 Å². The van der Waals surface area contributed by atoms with E-state index in [4.69, 9.17) is 0 Å². The summed E-state index contributed by atoms with van der Waals surface area (Å²) in [5, 5.41) is 0. The summed E-state index contributed by atoms with van der Waals surface area (Å²) >= 11 is 0. The van der Waals surface area contributed by atoms with Gasteiger partial charge in [-0.2, -0.15) is 0 Å². The maximum absolute atomic E-state index is 13.1. The van der Waals surface area contributed by atoms with Crippen molar-refractivity contribution in [3.63, 3.8) is 0 Å². The summed E-state index contributed by atoms with van der Waals surface area (Å²) in [6.45, 7) is 1.93. The Hall–Kier alpha value is -1.36. The van der Waals surface area contributed by atoms with Crippen molar-refractivity contribution in [2.45, 2.75) is 69.2 Å². The number of hydrogen-bond donors (Lipinski definition) is 0. The van der Waals surface area contributed by atoms with E-state index in [2.05, 4.69) is 0 Å². The molecule has 1 amide bonds. The van der Waals surface area contributed by atoms with Gasteiger partial charge in [0.1, 0.15) is 0 Å². The third-order valence-electron chi connectivity index (χ3n) is 6.09. The molecule has 1 aromatic rings. The van der Waals surface area contributed by atoms with Gasteiger partial charge < -0.3 is 0 Å². The zero-order valence-electron chi connectivity index (χ0n) is 14.2. The van der Waals surface area contributed by atoms with Crippen molar-refractivity contribution in [2.24, 2.45) is 11.3 Å². The van der Waals surface area contributed by atoms with Crippen molar-refractivity contribution in [1.29, 1.82) is 0 Å². The molecule has 1 spiro atoms. The Morgan fingerprint density at radius 3 is 2.12 bits per heavy atom. The Kier molecular flexibility index (Phi) is 3.75. The first kappa shape index (κ1) is 16.1. The second kappa shape index (κ2) is 5.58. The van der Waals surface area contributed by atoms with Crippen molar-refractivity contribution in [1.82, 2.24) is 4.31 Å². The van der Waals surface area contributed by atoms with E-state index in [1.165, 1.54) is 4.31 Å². The predicted octanol–water partition coefficient (Wildman–Crippen LogP) is 3.65. The zero-order chi connectivity index (χ0) is 16.9. The first-order chi connectivity index (χ1) is 11.5. The van der Waals surface area contributed by atoms with Crippen molar-refractivity contribution >= 4 is 15.9 Å². The van der Waals surface area contributed by atoms with Crippen LogP contribution in [-0.4, -0.2) is 24.7 Å². The molecule has 2 aliphatic carbocycles. The van der Waals surface area contributed by atoms with Gasteiger partial charge in [-0.1, -0.05) is 43.4 Å². The van der Waals surface area contributed by atoms with Crippen molar-refractivity contribution < 1.29 is 13.2 Å². The van der Waals surface area contributed by atoms with Crippen LogP contribution in [0.25, 0.3) is 0 Å². The minimum absolute atomic E-state index is 0.102. The molecule has 0 aromatic heterocycles. The fourth-order valence-corrected chi connectivity index (χ4v) is 6.42. The van der Waals surface area contributed by atoms with Crippen LogP contribution in [0.4, 0.5) is 0 Å². The molecule has 0 bridgehead atoms. The van der Waals surface area contributed by atoms with E-state index in [-0.39, 0.29) is 16.8 Å². The molecule has 1 aliphatic heterocycles. The van der Waals surface area contributed by atoms with E-state index in [9.17, 15) is 13.2 Å². The Labute approximate surface area is 144 Å². The van der Waals surface area contributed by atoms with Crippen LogP contribution < -0.4 is 0 Å². The maximum Gasteiger partial charge on any atom is 0.266 e. The zero-order valence-corrected chi connectivity index (χ0v) is 15.0. The van der Waals surface area contributed by atoms with Crippen LogP contribution in [0.3, 0.4) is 0 Å². The molecule has 0 N–H and O–H groups in total. The number of amides is 1. The summed E-state index contributed by atoms with van der Waals surface area (Å²) < 4.78 is 27.4. The van der Waals surface area contributed by atoms with Gasteiger partial charge in [0.05, 0.1) is 16.4 Å². The molecule has 3 aliphatic rings. The van der Waals surface area contributed by atoms with E-state index < -0.39 is 15.4 Å². The number of sulfonamides is 1. The number of carbonyl (C=O) groups excluding carboxylic acids is 1. The number of rotatable bonds is 3. The Balaban J connectivity index is 1.70. The SMILES string of the molecule is Cc1ccc(S(=O)(=O)N2C(=O)C3(CCCCCC3)[C@@H]2C2CC2)cc1. The van der Waals surface area contributed by atoms with E-state index in [1.54, 1.807) is 24.3 Å². The van der Waals surface area contributed by atoms with Gasteiger partial charge >= 0.3 is 0 Å². The molecule has 3 fully saturated rings. The topological polar surface area (TPSA) is 54.5 Å². The third-order valence-corrected chi connectivity index (χ3v) is 7.87. The number of benzene rings is 1. The lowest BCUT2D eigenvalue weighted by Gasteiger charge is -2.55. The smallest absolute Gasteiger partial charge is 0.266 e. The second-order valence-corrected chi connectivity index (χ2v) is 9.59. The largest absolute Gasteiger partial charge is 0.273 e. The van der Waals surface area contributed by atoms with Gasteiger partial charge in [0.15, 0.2) is 0 Å². The molecule has 1 aromatic carbocycles. The molecule has 5 heteroatoms. The maximum atomic E-state index is 13.1.